The standard InChI is InChI=1S/C43H39N7O5/c1-5-47(6-2)29-13-16-34-39(24-29)54-40-25-37(51)31-15-12-27(23-32(31)41(40)44-34)35-26-48(46-45-35)20-9-21-49-36-11-8-7-10-33(36)42(3,4)43(49)19-18-28-22-30(50(52)53)14-17-38(28)55-43/h7-8,10-19,22-26H,5-6,9,20-21H2,1-4H3. The molecule has 1 aliphatic carbocycles. The van der Waals surface area contributed by atoms with Crippen molar-refractivity contribution in [1.29, 1.82) is 0 Å². The first-order chi connectivity index (χ1) is 26.6. The summed E-state index contributed by atoms with van der Waals surface area (Å²) in [4.78, 5) is 33.8. The number of nitro benzene ring substituents is 1. The van der Waals surface area contributed by atoms with Crippen molar-refractivity contribution < 1.29 is 14.1 Å². The number of para-hydroxylation sites is 1. The Bertz CT molecular complexity index is 2710. The predicted molar refractivity (Wildman–Crippen MR) is 214 cm³/mol. The number of hydrogen-bond donors (Lipinski definition) is 0. The van der Waals surface area contributed by atoms with Gasteiger partial charge in [0.05, 0.1) is 16.5 Å². The van der Waals surface area contributed by atoms with Crippen molar-refractivity contribution in [3.8, 4) is 28.5 Å². The van der Waals surface area contributed by atoms with Crippen LogP contribution in [0, 0.1) is 10.1 Å². The van der Waals surface area contributed by atoms with Gasteiger partial charge in [-0.25, -0.2) is 4.98 Å². The summed E-state index contributed by atoms with van der Waals surface area (Å²) in [6.45, 7) is 11.6. The molecule has 1 atom stereocenters. The highest BCUT2D eigenvalue weighted by molar-refractivity contribution is 5.98. The highest BCUT2D eigenvalue weighted by Crippen LogP contribution is 2.55. The van der Waals surface area contributed by atoms with Gasteiger partial charge < -0.3 is 19.0 Å². The van der Waals surface area contributed by atoms with Crippen molar-refractivity contribution in [2.75, 3.05) is 29.4 Å². The fourth-order valence-corrected chi connectivity index (χ4v) is 8.33. The van der Waals surface area contributed by atoms with E-state index in [1.807, 2.05) is 71.6 Å². The number of non-ortho nitro benzene ring substituents is 1. The van der Waals surface area contributed by atoms with Crippen molar-refractivity contribution >= 4 is 45.0 Å². The molecule has 0 saturated heterocycles. The molecule has 0 saturated carbocycles. The first kappa shape index (κ1) is 34.2. The zero-order valence-corrected chi connectivity index (χ0v) is 31.0. The molecular weight excluding hydrogens is 695 g/mol. The summed E-state index contributed by atoms with van der Waals surface area (Å²) in [5, 5.41) is 21.7. The van der Waals surface area contributed by atoms with Crippen molar-refractivity contribution in [2.24, 2.45) is 0 Å². The van der Waals surface area contributed by atoms with E-state index in [0.717, 1.165) is 42.0 Å². The number of fused-ring (bicyclic) bond motifs is 6. The van der Waals surface area contributed by atoms with Crippen LogP contribution < -0.4 is 20.0 Å². The highest BCUT2D eigenvalue weighted by atomic mass is 16.6. The van der Waals surface area contributed by atoms with Gasteiger partial charge in [0.25, 0.3) is 5.69 Å². The van der Waals surface area contributed by atoms with Crippen LogP contribution in [0.2, 0.25) is 0 Å². The van der Waals surface area contributed by atoms with Crippen LogP contribution in [0.5, 0.6) is 5.75 Å². The van der Waals surface area contributed by atoms with Crippen molar-refractivity contribution in [2.45, 2.75) is 51.8 Å². The van der Waals surface area contributed by atoms with Gasteiger partial charge in [0.1, 0.15) is 22.7 Å². The first-order valence-corrected chi connectivity index (χ1v) is 18.6. The molecule has 1 unspecified atom stereocenters. The van der Waals surface area contributed by atoms with Crippen LogP contribution in [0.1, 0.15) is 45.2 Å². The summed E-state index contributed by atoms with van der Waals surface area (Å²) >= 11 is 0. The summed E-state index contributed by atoms with van der Waals surface area (Å²) in [6, 6.07) is 26.2. The SMILES string of the molecule is CCN(CC)c1ccc2nc3c4cc(-c5cn(CCCN6c7ccccc7C(C)(C)C67C=Cc6cc([N+](=O)[O-])ccc6O7)nn5)ccc4c(=O)cc-3oc2c1. The zero-order valence-electron chi connectivity index (χ0n) is 31.0. The number of benzene rings is 5. The summed E-state index contributed by atoms with van der Waals surface area (Å²) in [5.74, 6) is 1.04. The molecule has 12 nitrogen and oxygen atoms in total. The molecule has 5 aromatic rings. The molecule has 1 aromatic heterocycles. The lowest BCUT2D eigenvalue weighted by atomic mass is 9.76. The number of aryl methyl sites for hydroxylation is 1. The molecule has 9 rings (SSSR count). The Morgan fingerprint density at radius 1 is 0.927 bits per heavy atom. The molecule has 1 spiro atoms. The summed E-state index contributed by atoms with van der Waals surface area (Å²) < 4.78 is 15.0. The molecule has 4 heterocycles. The molecule has 12 heteroatoms. The second-order valence-electron chi connectivity index (χ2n) is 14.6. The van der Waals surface area contributed by atoms with E-state index in [1.54, 1.807) is 12.1 Å². The fourth-order valence-electron chi connectivity index (χ4n) is 8.33. The van der Waals surface area contributed by atoms with E-state index in [4.69, 9.17) is 14.1 Å². The third-order valence-corrected chi connectivity index (χ3v) is 11.3. The van der Waals surface area contributed by atoms with Crippen molar-refractivity contribution in [3.63, 3.8) is 0 Å². The van der Waals surface area contributed by atoms with Gasteiger partial charge in [-0.1, -0.05) is 29.5 Å². The molecule has 4 aliphatic rings. The largest absolute Gasteiger partial charge is 0.463 e. The lowest BCUT2D eigenvalue weighted by molar-refractivity contribution is -0.384. The molecule has 55 heavy (non-hydrogen) atoms. The number of nitrogens with zero attached hydrogens (tertiary/aromatic N) is 7. The van der Waals surface area contributed by atoms with Crippen molar-refractivity contribution in [3.05, 3.63) is 129 Å². The van der Waals surface area contributed by atoms with E-state index in [9.17, 15) is 14.9 Å². The van der Waals surface area contributed by atoms with E-state index in [2.05, 4.69) is 59.9 Å². The van der Waals surface area contributed by atoms with Crippen LogP contribution in [0.3, 0.4) is 0 Å². The topological polar surface area (TPSA) is 133 Å². The van der Waals surface area contributed by atoms with Gasteiger partial charge in [0.15, 0.2) is 16.8 Å². The monoisotopic (exact) mass is 733 g/mol. The number of nitro groups is 1. The molecule has 4 aromatic carbocycles. The number of hydrogen-bond acceptors (Lipinski definition) is 10. The molecule has 0 bridgehead atoms. The molecular formula is C43H39N7O5. The normalized spacial score (nSPS) is 16.8. The van der Waals surface area contributed by atoms with Crippen LogP contribution in [0.15, 0.2) is 106 Å². The van der Waals surface area contributed by atoms with Gasteiger partial charge in [0.2, 0.25) is 5.72 Å². The molecule has 276 valence electrons. The van der Waals surface area contributed by atoms with Gasteiger partial charge >= 0.3 is 0 Å². The Labute approximate surface area is 316 Å². The summed E-state index contributed by atoms with van der Waals surface area (Å²) in [6.07, 6.45) is 6.63. The number of rotatable bonds is 9. The van der Waals surface area contributed by atoms with E-state index in [-0.39, 0.29) is 11.1 Å². The summed E-state index contributed by atoms with van der Waals surface area (Å²) in [7, 11) is 0. The molecule has 0 N–H and O–H groups in total. The highest BCUT2D eigenvalue weighted by Gasteiger charge is 2.58. The number of ether oxygens (including phenoxy) is 1. The van der Waals surface area contributed by atoms with Gasteiger partial charge in [-0.15, -0.1) is 5.10 Å². The molecule has 0 radical (unpaired) electrons. The van der Waals surface area contributed by atoms with Gasteiger partial charge in [-0.05, 0) is 88.2 Å². The van der Waals surface area contributed by atoms with Gasteiger partial charge in [0, 0.05) is 83.7 Å². The average molecular weight is 734 g/mol. The Balaban J connectivity index is 0.986. The fraction of sp³-hybridized carbons (Fsp3) is 0.256. The van der Waals surface area contributed by atoms with Crippen molar-refractivity contribution in [1.82, 2.24) is 20.0 Å². The summed E-state index contributed by atoms with van der Waals surface area (Å²) in [5.41, 5.74) is 6.05. The average Bonchev–Trinajstić information content (AvgIpc) is 3.73. The number of aromatic nitrogens is 4. The third-order valence-electron chi connectivity index (χ3n) is 11.3. The number of anilines is 2. The Morgan fingerprint density at radius 3 is 2.58 bits per heavy atom. The van der Waals surface area contributed by atoms with E-state index in [1.165, 1.54) is 12.1 Å². The minimum absolute atomic E-state index is 0.0264. The minimum Gasteiger partial charge on any atom is -0.463 e. The molecule has 3 aliphatic heterocycles. The third kappa shape index (κ3) is 5.42. The van der Waals surface area contributed by atoms with Crippen LogP contribution in [0.4, 0.5) is 17.1 Å². The predicted octanol–water partition coefficient (Wildman–Crippen LogP) is 8.45. The van der Waals surface area contributed by atoms with Crippen LogP contribution >= 0.6 is 0 Å². The Morgan fingerprint density at radius 2 is 1.76 bits per heavy atom. The maximum Gasteiger partial charge on any atom is 0.270 e. The Hall–Kier alpha value is -6.56. The van der Waals surface area contributed by atoms with E-state index >= 15 is 0 Å². The lowest BCUT2D eigenvalue weighted by Gasteiger charge is -2.47. The lowest BCUT2D eigenvalue weighted by Crippen LogP contribution is -2.59. The smallest absolute Gasteiger partial charge is 0.270 e. The quantitative estimate of drug-likeness (QED) is 0.0616. The first-order valence-electron chi connectivity index (χ1n) is 18.6. The second-order valence-corrected chi connectivity index (χ2v) is 14.6. The molecule has 0 amide bonds. The maximum atomic E-state index is 13.2. The van der Waals surface area contributed by atoms with Gasteiger partial charge in [-0.3, -0.25) is 19.6 Å². The van der Waals surface area contributed by atoms with Crippen LogP contribution in [0.25, 0.3) is 50.7 Å². The van der Waals surface area contributed by atoms with E-state index < -0.39 is 16.1 Å². The maximum absolute atomic E-state index is 13.2. The minimum atomic E-state index is -0.846. The zero-order chi connectivity index (χ0) is 38.1. The molecule has 0 fully saturated rings. The van der Waals surface area contributed by atoms with Gasteiger partial charge in [-0.2, -0.15) is 0 Å². The van der Waals surface area contributed by atoms with E-state index in [0.29, 0.717) is 63.4 Å². The van der Waals surface area contributed by atoms with Crippen LogP contribution in [-0.2, 0) is 12.0 Å². The second kappa shape index (κ2) is 12.8. The van der Waals surface area contributed by atoms with Crippen LogP contribution in [-0.4, -0.2) is 50.3 Å². The Kier molecular flexibility index (Phi) is 7.96.